The van der Waals surface area contributed by atoms with Gasteiger partial charge < -0.3 is 4.84 Å². The number of alkyl halides is 1. The number of halogens is 1. The van der Waals surface area contributed by atoms with Crippen molar-refractivity contribution in [2.24, 2.45) is 5.16 Å². The van der Waals surface area contributed by atoms with Gasteiger partial charge in [0.25, 0.3) is 0 Å². The Hall–Kier alpha value is -0.500. The van der Waals surface area contributed by atoms with Gasteiger partial charge in [-0.1, -0.05) is 17.8 Å². The highest BCUT2D eigenvalue weighted by Crippen LogP contribution is 1.74. The summed E-state index contributed by atoms with van der Waals surface area (Å²) in [6.07, 6.45) is 3.09. The zero-order valence-electron chi connectivity index (χ0n) is 4.51. The molecular formula is C5H8ClNO. The van der Waals surface area contributed by atoms with Crippen LogP contribution in [0.5, 0.6) is 0 Å². The molecule has 8 heavy (non-hydrogen) atoms. The van der Waals surface area contributed by atoms with Crippen molar-refractivity contribution >= 4 is 17.8 Å². The third-order valence-corrected chi connectivity index (χ3v) is 0.548. The third-order valence-electron chi connectivity index (χ3n) is 0.410. The topological polar surface area (TPSA) is 21.6 Å². The lowest BCUT2D eigenvalue weighted by Gasteiger charge is -1.87. The summed E-state index contributed by atoms with van der Waals surface area (Å²) in [7, 11) is 0. The smallest absolute Gasteiger partial charge is 0.135 e. The maximum Gasteiger partial charge on any atom is 0.135 e. The Bertz CT molecular complexity index is 82.5. The highest BCUT2D eigenvalue weighted by atomic mass is 35.5. The number of oxime groups is 1. The van der Waals surface area contributed by atoms with E-state index < -0.39 is 0 Å². The van der Waals surface area contributed by atoms with Crippen LogP contribution in [-0.2, 0) is 4.84 Å². The molecule has 0 unspecified atom stereocenters. The SMILES string of the molecule is C=CCO/N=C\CCl. The summed E-state index contributed by atoms with van der Waals surface area (Å²) in [5.41, 5.74) is 0. The minimum absolute atomic E-state index is 0.386. The third kappa shape index (κ3) is 5.50. The van der Waals surface area contributed by atoms with Gasteiger partial charge in [-0.15, -0.1) is 11.6 Å². The van der Waals surface area contributed by atoms with Gasteiger partial charge in [0, 0.05) is 0 Å². The molecule has 0 aliphatic heterocycles. The van der Waals surface area contributed by atoms with Crippen LogP contribution in [0.15, 0.2) is 17.8 Å². The van der Waals surface area contributed by atoms with Crippen molar-refractivity contribution in [2.45, 2.75) is 0 Å². The van der Waals surface area contributed by atoms with Crippen molar-refractivity contribution in [3.05, 3.63) is 12.7 Å². The van der Waals surface area contributed by atoms with E-state index >= 15 is 0 Å². The van der Waals surface area contributed by atoms with Crippen molar-refractivity contribution in [1.29, 1.82) is 0 Å². The second-order valence-electron chi connectivity index (χ2n) is 1.03. The van der Waals surface area contributed by atoms with Crippen molar-refractivity contribution in [3.63, 3.8) is 0 Å². The molecule has 0 aromatic heterocycles. The van der Waals surface area contributed by atoms with E-state index in [-0.39, 0.29) is 0 Å². The van der Waals surface area contributed by atoms with Gasteiger partial charge in [-0.3, -0.25) is 0 Å². The summed E-state index contributed by atoms with van der Waals surface area (Å²) in [6, 6.07) is 0. The van der Waals surface area contributed by atoms with Crippen LogP contribution >= 0.6 is 11.6 Å². The first-order valence-corrected chi connectivity index (χ1v) is 2.76. The minimum Gasteiger partial charge on any atom is -0.392 e. The molecule has 0 amide bonds. The molecule has 0 saturated carbocycles. The molecule has 46 valence electrons. The zero-order valence-corrected chi connectivity index (χ0v) is 5.27. The summed E-state index contributed by atoms with van der Waals surface area (Å²) in [5, 5.41) is 3.45. The molecule has 0 saturated heterocycles. The highest BCUT2D eigenvalue weighted by Gasteiger charge is 1.69. The molecule has 0 aromatic rings. The lowest BCUT2D eigenvalue weighted by Crippen LogP contribution is -1.81. The Morgan fingerprint density at radius 1 is 1.75 bits per heavy atom. The Balaban J connectivity index is 2.90. The molecule has 0 aliphatic carbocycles. The van der Waals surface area contributed by atoms with Gasteiger partial charge in [-0.05, 0) is 0 Å². The summed E-state index contributed by atoms with van der Waals surface area (Å²) in [5.74, 6) is 0.386. The van der Waals surface area contributed by atoms with E-state index in [0.29, 0.717) is 12.5 Å². The van der Waals surface area contributed by atoms with Crippen LogP contribution in [0.3, 0.4) is 0 Å². The average Bonchev–Trinajstić information content (AvgIpc) is 1.81. The molecule has 0 aliphatic rings. The van der Waals surface area contributed by atoms with E-state index in [0.717, 1.165) is 0 Å². The molecule has 0 aromatic carbocycles. The molecule has 0 rings (SSSR count). The van der Waals surface area contributed by atoms with Crippen LogP contribution in [0.4, 0.5) is 0 Å². The van der Waals surface area contributed by atoms with Crippen LogP contribution in [0.1, 0.15) is 0 Å². The van der Waals surface area contributed by atoms with Crippen molar-refractivity contribution in [1.82, 2.24) is 0 Å². The molecular weight excluding hydrogens is 126 g/mol. The largest absolute Gasteiger partial charge is 0.392 e. The monoisotopic (exact) mass is 133 g/mol. The lowest BCUT2D eigenvalue weighted by molar-refractivity contribution is 0.176. The van der Waals surface area contributed by atoms with Crippen molar-refractivity contribution in [2.75, 3.05) is 12.5 Å². The number of nitrogens with zero attached hydrogens (tertiary/aromatic N) is 1. The first-order chi connectivity index (χ1) is 3.91. The van der Waals surface area contributed by atoms with E-state index in [4.69, 9.17) is 11.6 Å². The molecule has 3 heteroatoms. The minimum atomic E-state index is 0.386. The van der Waals surface area contributed by atoms with E-state index in [1.807, 2.05) is 0 Å². The predicted octanol–water partition coefficient (Wildman–Crippen LogP) is 1.41. The van der Waals surface area contributed by atoms with Gasteiger partial charge in [-0.2, -0.15) is 0 Å². The Kier molecular flexibility index (Phi) is 6.09. The molecule has 0 atom stereocenters. The molecule has 0 fully saturated rings. The maximum atomic E-state index is 5.23. The number of hydrogen-bond acceptors (Lipinski definition) is 2. The predicted molar refractivity (Wildman–Crippen MR) is 35.4 cm³/mol. The van der Waals surface area contributed by atoms with E-state index in [1.54, 1.807) is 6.08 Å². The Morgan fingerprint density at radius 3 is 3.00 bits per heavy atom. The standard InChI is InChI=1S/C5H8ClNO/c1-2-5-8-7-4-3-6/h2,4H,1,3,5H2/b7-4-. The second-order valence-corrected chi connectivity index (χ2v) is 1.34. The van der Waals surface area contributed by atoms with Gasteiger partial charge in [-0.25, -0.2) is 0 Å². The lowest BCUT2D eigenvalue weighted by atomic mass is 10.7. The number of rotatable bonds is 4. The van der Waals surface area contributed by atoms with Crippen LogP contribution in [0.2, 0.25) is 0 Å². The summed E-state index contributed by atoms with van der Waals surface area (Å²) in [6.45, 7) is 3.86. The highest BCUT2D eigenvalue weighted by molar-refractivity contribution is 6.24. The quantitative estimate of drug-likeness (QED) is 0.187. The van der Waals surface area contributed by atoms with E-state index in [9.17, 15) is 0 Å². The van der Waals surface area contributed by atoms with Crippen LogP contribution in [0.25, 0.3) is 0 Å². The second kappa shape index (κ2) is 6.50. The molecule has 0 heterocycles. The van der Waals surface area contributed by atoms with Gasteiger partial charge in [0.1, 0.15) is 6.61 Å². The van der Waals surface area contributed by atoms with E-state index in [1.165, 1.54) is 6.21 Å². The molecule has 0 bridgehead atoms. The molecule has 2 nitrogen and oxygen atoms in total. The Labute approximate surface area is 53.8 Å². The van der Waals surface area contributed by atoms with Crippen LogP contribution in [0, 0.1) is 0 Å². The maximum absolute atomic E-state index is 5.23. The van der Waals surface area contributed by atoms with Gasteiger partial charge in [0.15, 0.2) is 0 Å². The summed E-state index contributed by atoms with van der Waals surface area (Å²) < 4.78 is 0. The normalized spacial score (nSPS) is 9.62. The van der Waals surface area contributed by atoms with Crippen LogP contribution in [-0.4, -0.2) is 18.7 Å². The van der Waals surface area contributed by atoms with Crippen molar-refractivity contribution in [3.8, 4) is 0 Å². The Morgan fingerprint density at radius 2 is 2.50 bits per heavy atom. The van der Waals surface area contributed by atoms with Gasteiger partial charge >= 0.3 is 0 Å². The fraction of sp³-hybridized carbons (Fsp3) is 0.400. The first kappa shape index (κ1) is 7.50. The van der Waals surface area contributed by atoms with Crippen molar-refractivity contribution < 1.29 is 4.84 Å². The fourth-order valence-corrected chi connectivity index (χ4v) is 0.233. The molecule has 0 N–H and O–H groups in total. The summed E-state index contributed by atoms with van der Waals surface area (Å²) in [4.78, 5) is 4.59. The molecule has 0 spiro atoms. The first-order valence-electron chi connectivity index (χ1n) is 2.22. The summed E-state index contributed by atoms with van der Waals surface area (Å²) >= 11 is 5.23. The number of hydrogen-bond donors (Lipinski definition) is 0. The fourth-order valence-electron chi connectivity index (χ4n) is 0.177. The van der Waals surface area contributed by atoms with Gasteiger partial charge in [0.05, 0.1) is 12.1 Å². The average molecular weight is 134 g/mol. The van der Waals surface area contributed by atoms with Gasteiger partial charge in [0.2, 0.25) is 0 Å². The van der Waals surface area contributed by atoms with Crippen LogP contribution < -0.4 is 0 Å². The van der Waals surface area contributed by atoms with E-state index in [2.05, 4.69) is 16.6 Å². The molecule has 0 radical (unpaired) electrons. The zero-order chi connectivity index (χ0) is 6.24.